The fourth-order valence-corrected chi connectivity index (χ4v) is 2.96. The molecular formula is C21H20N6O. The van der Waals surface area contributed by atoms with Crippen molar-refractivity contribution >= 4 is 23.2 Å². The largest absolute Gasteiger partial charge is 0.354 e. The van der Waals surface area contributed by atoms with Crippen molar-refractivity contribution in [1.29, 1.82) is 0 Å². The molecule has 0 spiro atoms. The van der Waals surface area contributed by atoms with E-state index in [1.165, 1.54) is 5.56 Å². The summed E-state index contributed by atoms with van der Waals surface area (Å²) in [6.45, 7) is 2.14. The standard InChI is InChI=1S/C21H20N6O/c1-3-14-6-8-15(9-7-14)17-5-4-12-27-19(17)25-21(26-27)24-16-10-11-18(23-13-16)20(28)22-2/h4-13H,3H2,1-2H3,(H,22,28)(H,24,26). The van der Waals surface area contributed by atoms with Crippen LogP contribution in [0.4, 0.5) is 11.6 Å². The van der Waals surface area contributed by atoms with Crippen LogP contribution < -0.4 is 10.6 Å². The van der Waals surface area contributed by atoms with Gasteiger partial charge in [0.1, 0.15) is 5.69 Å². The summed E-state index contributed by atoms with van der Waals surface area (Å²) in [5, 5.41) is 10.2. The highest BCUT2D eigenvalue weighted by Gasteiger charge is 2.11. The van der Waals surface area contributed by atoms with Crippen molar-refractivity contribution < 1.29 is 4.79 Å². The molecule has 0 fully saturated rings. The van der Waals surface area contributed by atoms with Gasteiger partial charge in [0, 0.05) is 18.8 Å². The Morgan fingerprint density at radius 1 is 1.11 bits per heavy atom. The van der Waals surface area contributed by atoms with E-state index in [0.717, 1.165) is 23.2 Å². The Bertz CT molecular complexity index is 1120. The normalized spacial score (nSPS) is 10.8. The maximum Gasteiger partial charge on any atom is 0.269 e. The molecule has 0 radical (unpaired) electrons. The highest BCUT2D eigenvalue weighted by molar-refractivity contribution is 5.92. The first-order valence-corrected chi connectivity index (χ1v) is 9.08. The third kappa shape index (κ3) is 3.42. The number of fused-ring (bicyclic) bond motifs is 1. The van der Waals surface area contributed by atoms with E-state index in [-0.39, 0.29) is 5.91 Å². The van der Waals surface area contributed by atoms with Gasteiger partial charge in [-0.05, 0) is 41.8 Å². The van der Waals surface area contributed by atoms with E-state index in [2.05, 4.69) is 56.9 Å². The fraction of sp³-hybridized carbons (Fsp3) is 0.143. The van der Waals surface area contributed by atoms with Gasteiger partial charge in [-0.15, -0.1) is 5.10 Å². The number of benzene rings is 1. The van der Waals surface area contributed by atoms with Crippen molar-refractivity contribution in [2.75, 3.05) is 12.4 Å². The lowest BCUT2D eigenvalue weighted by atomic mass is 10.0. The van der Waals surface area contributed by atoms with E-state index in [4.69, 9.17) is 0 Å². The van der Waals surface area contributed by atoms with Gasteiger partial charge in [0.2, 0.25) is 5.95 Å². The molecule has 4 rings (SSSR count). The number of anilines is 2. The maximum absolute atomic E-state index is 11.6. The predicted molar refractivity (Wildman–Crippen MR) is 109 cm³/mol. The Kier molecular flexibility index (Phi) is 4.72. The molecule has 0 aliphatic heterocycles. The second kappa shape index (κ2) is 7.48. The minimum absolute atomic E-state index is 0.226. The van der Waals surface area contributed by atoms with Crippen molar-refractivity contribution in [3.8, 4) is 11.1 Å². The molecule has 2 N–H and O–H groups in total. The second-order valence-corrected chi connectivity index (χ2v) is 6.31. The van der Waals surface area contributed by atoms with Gasteiger partial charge in [0.15, 0.2) is 5.65 Å². The molecule has 0 aliphatic rings. The Morgan fingerprint density at radius 3 is 2.61 bits per heavy atom. The van der Waals surface area contributed by atoms with Gasteiger partial charge < -0.3 is 10.6 Å². The lowest BCUT2D eigenvalue weighted by Gasteiger charge is -2.04. The summed E-state index contributed by atoms with van der Waals surface area (Å²) in [6, 6.07) is 15.9. The smallest absolute Gasteiger partial charge is 0.269 e. The molecular weight excluding hydrogens is 352 g/mol. The van der Waals surface area contributed by atoms with Crippen LogP contribution in [0.3, 0.4) is 0 Å². The summed E-state index contributed by atoms with van der Waals surface area (Å²) in [7, 11) is 1.57. The second-order valence-electron chi connectivity index (χ2n) is 6.31. The first-order chi connectivity index (χ1) is 13.7. The van der Waals surface area contributed by atoms with E-state index >= 15 is 0 Å². The molecule has 0 unspecified atom stereocenters. The van der Waals surface area contributed by atoms with Crippen LogP contribution in [0.15, 0.2) is 60.9 Å². The third-order valence-electron chi connectivity index (χ3n) is 4.51. The average molecular weight is 372 g/mol. The van der Waals surface area contributed by atoms with E-state index < -0.39 is 0 Å². The molecule has 7 nitrogen and oxygen atoms in total. The number of hydrogen-bond acceptors (Lipinski definition) is 5. The Hall–Kier alpha value is -3.74. The number of carbonyl (C=O) groups excluding carboxylic acids is 1. The number of carbonyl (C=O) groups is 1. The number of amides is 1. The van der Waals surface area contributed by atoms with Crippen molar-refractivity contribution in [1.82, 2.24) is 24.9 Å². The predicted octanol–water partition coefficient (Wildman–Crippen LogP) is 3.46. The molecule has 0 atom stereocenters. The molecule has 3 aromatic heterocycles. The van der Waals surface area contributed by atoms with Crippen molar-refractivity contribution in [2.45, 2.75) is 13.3 Å². The summed E-state index contributed by atoms with van der Waals surface area (Å²) < 4.78 is 1.75. The summed E-state index contributed by atoms with van der Waals surface area (Å²) >= 11 is 0. The third-order valence-corrected chi connectivity index (χ3v) is 4.51. The zero-order valence-electron chi connectivity index (χ0n) is 15.7. The number of nitrogens with one attached hydrogen (secondary N) is 2. The maximum atomic E-state index is 11.6. The van der Waals surface area contributed by atoms with Crippen LogP contribution in [0, 0.1) is 0 Å². The van der Waals surface area contributed by atoms with E-state index in [1.54, 1.807) is 29.9 Å². The first kappa shape index (κ1) is 17.7. The van der Waals surface area contributed by atoms with Gasteiger partial charge in [0.05, 0.1) is 11.9 Å². The number of aromatic nitrogens is 4. The summed E-state index contributed by atoms with van der Waals surface area (Å²) in [5.41, 5.74) is 5.24. The summed E-state index contributed by atoms with van der Waals surface area (Å²) in [4.78, 5) is 20.4. The quantitative estimate of drug-likeness (QED) is 0.560. The van der Waals surface area contributed by atoms with E-state index in [9.17, 15) is 4.79 Å². The number of pyridine rings is 2. The molecule has 0 bridgehead atoms. The topological polar surface area (TPSA) is 84.2 Å². The van der Waals surface area contributed by atoms with Gasteiger partial charge in [-0.3, -0.25) is 4.79 Å². The number of aryl methyl sites for hydroxylation is 1. The van der Waals surface area contributed by atoms with Gasteiger partial charge in [0.25, 0.3) is 5.91 Å². The van der Waals surface area contributed by atoms with Gasteiger partial charge in [-0.1, -0.05) is 31.2 Å². The molecule has 0 saturated heterocycles. The molecule has 7 heteroatoms. The summed E-state index contributed by atoms with van der Waals surface area (Å²) in [5.74, 6) is 0.239. The monoisotopic (exact) mass is 372 g/mol. The average Bonchev–Trinajstić information content (AvgIpc) is 3.16. The Labute approximate surface area is 162 Å². The minimum atomic E-state index is -0.226. The highest BCUT2D eigenvalue weighted by atomic mass is 16.1. The molecule has 3 heterocycles. The highest BCUT2D eigenvalue weighted by Crippen LogP contribution is 2.25. The zero-order chi connectivity index (χ0) is 19.5. The van der Waals surface area contributed by atoms with Crippen molar-refractivity contribution in [2.24, 2.45) is 0 Å². The zero-order valence-corrected chi connectivity index (χ0v) is 15.7. The van der Waals surface area contributed by atoms with Gasteiger partial charge in [-0.25, -0.2) is 9.50 Å². The van der Waals surface area contributed by atoms with Crippen LogP contribution in [0.25, 0.3) is 16.8 Å². The SMILES string of the molecule is CCc1ccc(-c2cccn3nc(Nc4ccc(C(=O)NC)nc4)nc23)cc1. The first-order valence-electron chi connectivity index (χ1n) is 9.08. The van der Waals surface area contributed by atoms with E-state index in [1.807, 2.05) is 18.3 Å². The molecule has 0 saturated carbocycles. The summed E-state index contributed by atoms with van der Waals surface area (Å²) in [6.07, 6.45) is 4.46. The number of nitrogens with zero attached hydrogens (tertiary/aromatic N) is 4. The van der Waals surface area contributed by atoms with Crippen LogP contribution in [0.2, 0.25) is 0 Å². The van der Waals surface area contributed by atoms with Gasteiger partial charge in [-0.2, -0.15) is 4.98 Å². The van der Waals surface area contributed by atoms with Crippen molar-refractivity contribution in [3.05, 3.63) is 72.2 Å². The lowest BCUT2D eigenvalue weighted by molar-refractivity contribution is 0.0958. The Balaban J connectivity index is 1.63. The molecule has 1 amide bonds. The molecule has 28 heavy (non-hydrogen) atoms. The lowest BCUT2D eigenvalue weighted by Crippen LogP contribution is -2.18. The van der Waals surface area contributed by atoms with Gasteiger partial charge >= 0.3 is 0 Å². The number of hydrogen-bond donors (Lipinski definition) is 2. The molecule has 1 aromatic carbocycles. The van der Waals surface area contributed by atoms with Crippen LogP contribution in [0.5, 0.6) is 0 Å². The molecule has 4 aromatic rings. The van der Waals surface area contributed by atoms with Crippen molar-refractivity contribution in [3.63, 3.8) is 0 Å². The minimum Gasteiger partial charge on any atom is -0.354 e. The molecule has 0 aliphatic carbocycles. The number of rotatable bonds is 5. The Morgan fingerprint density at radius 2 is 1.93 bits per heavy atom. The molecule has 140 valence electrons. The van der Waals surface area contributed by atoms with Crippen LogP contribution in [-0.4, -0.2) is 32.5 Å². The van der Waals surface area contributed by atoms with Crippen LogP contribution in [-0.2, 0) is 6.42 Å². The van der Waals surface area contributed by atoms with E-state index in [0.29, 0.717) is 17.3 Å². The van der Waals surface area contributed by atoms with Crippen LogP contribution in [0.1, 0.15) is 23.0 Å². The van der Waals surface area contributed by atoms with Crippen LogP contribution >= 0.6 is 0 Å². The fourth-order valence-electron chi connectivity index (χ4n) is 2.96.